The second kappa shape index (κ2) is 4.53. The molecule has 1 aliphatic rings. The average Bonchev–Trinajstić information content (AvgIpc) is 2.33. The van der Waals surface area contributed by atoms with E-state index in [4.69, 9.17) is 0 Å². The van der Waals surface area contributed by atoms with E-state index in [2.05, 4.69) is 4.98 Å². The lowest BCUT2D eigenvalue weighted by molar-refractivity contribution is -0.129. The van der Waals surface area contributed by atoms with E-state index in [0.29, 0.717) is 18.8 Å². The first-order valence-electron chi connectivity index (χ1n) is 5.54. The third-order valence-corrected chi connectivity index (χ3v) is 2.93. The molecule has 90 valence electrons. The second-order valence-electron chi connectivity index (χ2n) is 4.19. The first kappa shape index (κ1) is 11.6. The van der Waals surface area contributed by atoms with E-state index in [-0.39, 0.29) is 11.7 Å². The van der Waals surface area contributed by atoms with Crippen LogP contribution in [0.25, 0.3) is 0 Å². The number of anilines is 1. The average molecular weight is 233 g/mol. The second-order valence-corrected chi connectivity index (χ2v) is 4.19. The molecule has 1 aliphatic heterocycles. The van der Waals surface area contributed by atoms with Crippen LogP contribution < -0.4 is 4.90 Å². The van der Waals surface area contributed by atoms with Gasteiger partial charge in [0, 0.05) is 27.1 Å². The van der Waals surface area contributed by atoms with Crippen molar-refractivity contribution in [3.05, 3.63) is 24.0 Å². The van der Waals surface area contributed by atoms with Crippen molar-refractivity contribution >= 4 is 17.4 Å². The minimum absolute atomic E-state index is 0.0500. The summed E-state index contributed by atoms with van der Waals surface area (Å²) in [5, 5.41) is 0. The van der Waals surface area contributed by atoms with Crippen LogP contribution in [0.3, 0.4) is 0 Å². The Kier molecular flexibility index (Phi) is 3.08. The summed E-state index contributed by atoms with van der Waals surface area (Å²) in [4.78, 5) is 30.4. The van der Waals surface area contributed by atoms with Crippen molar-refractivity contribution in [2.24, 2.45) is 0 Å². The molecule has 0 radical (unpaired) electrons. The molecule has 5 nitrogen and oxygen atoms in total. The predicted octanol–water partition coefficient (Wildman–Crippen LogP) is 0.563. The number of pyridine rings is 1. The Hall–Kier alpha value is -1.91. The molecular weight excluding hydrogens is 218 g/mol. The van der Waals surface area contributed by atoms with Crippen LogP contribution in [0, 0.1) is 0 Å². The fraction of sp³-hybridized carbons (Fsp3) is 0.417. The summed E-state index contributed by atoms with van der Waals surface area (Å²) in [5.74, 6) is 0.0536. The molecule has 0 unspecified atom stereocenters. The number of ketones is 1. The number of Topliss-reactive ketones (excluding diaryl/α,β-unsaturated/α-hetero) is 1. The van der Waals surface area contributed by atoms with Gasteiger partial charge in [-0.2, -0.15) is 0 Å². The molecule has 1 fully saturated rings. The van der Waals surface area contributed by atoms with Gasteiger partial charge in [0.2, 0.25) is 5.91 Å². The van der Waals surface area contributed by atoms with Crippen molar-refractivity contribution < 1.29 is 9.59 Å². The van der Waals surface area contributed by atoms with Crippen molar-refractivity contribution in [2.75, 3.05) is 31.6 Å². The molecule has 1 aromatic rings. The molecule has 5 heteroatoms. The highest BCUT2D eigenvalue weighted by Gasteiger charge is 2.21. The summed E-state index contributed by atoms with van der Waals surface area (Å²) < 4.78 is 0. The minimum atomic E-state index is -0.0500. The Morgan fingerprint density at radius 1 is 1.35 bits per heavy atom. The summed E-state index contributed by atoms with van der Waals surface area (Å²) in [6, 6.07) is 3.53. The number of piperazine rings is 1. The first-order chi connectivity index (χ1) is 8.08. The number of rotatable bonds is 2. The molecular formula is C12H15N3O2. The van der Waals surface area contributed by atoms with Crippen molar-refractivity contribution in [3.63, 3.8) is 0 Å². The van der Waals surface area contributed by atoms with Gasteiger partial charge in [0.15, 0.2) is 5.78 Å². The Morgan fingerprint density at radius 2 is 2.12 bits per heavy atom. The summed E-state index contributed by atoms with van der Waals surface area (Å²) in [6.07, 6.45) is 1.65. The van der Waals surface area contributed by atoms with E-state index in [1.54, 1.807) is 24.2 Å². The lowest BCUT2D eigenvalue weighted by Crippen LogP contribution is -2.48. The maximum atomic E-state index is 11.6. The van der Waals surface area contributed by atoms with Gasteiger partial charge < -0.3 is 9.80 Å². The quantitative estimate of drug-likeness (QED) is 0.700. The maximum Gasteiger partial charge on any atom is 0.241 e. The molecule has 0 spiro atoms. The van der Waals surface area contributed by atoms with Gasteiger partial charge in [-0.05, 0) is 12.1 Å². The zero-order chi connectivity index (χ0) is 12.4. The molecule has 2 heterocycles. The van der Waals surface area contributed by atoms with Crippen LogP contribution in [-0.4, -0.2) is 48.3 Å². The fourth-order valence-corrected chi connectivity index (χ4v) is 1.76. The number of hydrogen-bond donors (Lipinski definition) is 0. The zero-order valence-corrected chi connectivity index (χ0v) is 10.0. The fourth-order valence-electron chi connectivity index (χ4n) is 1.76. The molecule has 0 N–H and O–H groups in total. The highest BCUT2D eigenvalue weighted by molar-refractivity contribution is 5.92. The van der Waals surface area contributed by atoms with E-state index in [9.17, 15) is 9.59 Å². The van der Waals surface area contributed by atoms with Crippen LogP contribution in [-0.2, 0) is 4.79 Å². The van der Waals surface area contributed by atoms with Gasteiger partial charge in [-0.3, -0.25) is 14.6 Å². The van der Waals surface area contributed by atoms with E-state index in [0.717, 1.165) is 12.2 Å². The van der Waals surface area contributed by atoms with E-state index in [1.807, 2.05) is 11.0 Å². The monoisotopic (exact) mass is 233 g/mol. The van der Waals surface area contributed by atoms with Gasteiger partial charge in [-0.1, -0.05) is 0 Å². The third kappa shape index (κ3) is 2.43. The van der Waals surface area contributed by atoms with Crippen LogP contribution in [0.4, 0.5) is 5.69 Å². The van der Waals surface area contributed by atoms with Gasteiger partial charge in [0.05, 0.1) is 18.4 Å². The molecule has 1 saturated heterocycles. The summed E-state index contributed by atoms with van der Waals surface area (Å²) in [7, 11) is 1.80. The highest BCUT2D eigenvalue weighted by atomic mass is 16.2. The Balaban J connectivity index is 2.13. The number of aromatic nitrogens is 1. The largest absolute Gasteiger partial charge is 0.359 e. The molecule has 1 amide bonds. The Morgan fingerprint density at radius 3 is 2.65 bits per heavy atom. The van der Waals surface area contributed by atoms with Gasteiger partial charge in [0.25, 0.3) is 0 Å². The van der Waals surface area contributed by atoms with Crippen LogP contribution in [0.5, 0.6) is 0 Å². The molecule has 0 saturated carbocycles. The minimum Gasteiger partial charge on any atom is -0.359 e. The van der Waals surface area contributed by atoms with Crippen LogP contribution in [0.1, 0.15) is 17.4 Å². The van der Waals surface area contributed by atoms with Crippen molar-refractivity contribution in [3.8, 4) is 0 Å². The number of nitrogens with zero attached hydrogens (tertiary/aromatic N) is 3. The van der Waals surface area contributed by atoms with Crippen molar-refractivity contribution in [1.29, 1.82) is 0 Å². The molecule has 17 heavy (non-hydrogen) atoms. The molecule has 0 aromatic carbocycles. The zero-order valence-electron chi connectivity index (χ0n) is 10.0. The highest BCUT2D eigenvalue weighted by Crippen LogP contribution is 2.15. The Bertz CT molecular complexity index is 442. The third-order valence-electron chi connectivity index (χ3n) is 2.93. The van der Waals surface area contributed by atoms with E-state index in [1.165, 1.54) is 6.92 Å². The molecule has 1 aromatic heterocycles. The van der Waals surface area contributed by atoms with Crippen LogP contribution in [0.15, 0.2) is 18.3 Å². The van der Waals surface area contributed by atoms with Crippen LogP contribution >= 0.6 is 0 Å². The smallest absolute Gasteiger partial charge is 0.241 e. The van der Waals surface area contributed by atoms with Crippen LogP contribution in [0.2, 0.25) is 0 Å². The first-order valence-corrected chi connectivity index (χ1v) is 5.54. The van der Waals surface area contributed by atoms with Crippen molar-refractivity contribution in [2.45, 2.75) is 6.92 Å². The standard InChI is InChI=1S/C12H15N3O2/c1-9(16)11-4-3-10(7-13-11)15-6-5-14(2)12(17)8-15/h3-4,7H,5-6,8H2,1-2H3. The molecule has 0 aliphatic carbocycles. The van der Waals surface area contributed by atoms with E-state index >= 15 is 0 Å². The lowest BCUT2D eigenvalue weighted by atomic mass is 10.2. The SMILES string of the molecule is CC(=O)c1ccc(N2CCN(C)C(=O)C2)cn1. The Labute approximate surface area is 100 Å². The van der Waals surface area contributed by atoms with Gasteiger partial charge in [0.1, 0.15) is 5.69 Å². The van der Waals surface area contributed by atoms with E-state index < -0.39 is 0 Å². The summed E-state index contributed by atoms with van der Waals surface area (Å²) in [6.45, 7) is 3.37. The predicted molar refractivity (Wildman–Crippen MR) is 64.1 cm³/mol. The van der Waals surface area contributed by atoms with Gasteiger partial charge in [-0.15, -0.1) is 0 Å². The number of hydrogen-bond acceptors (Lipinski definition) is 4. The summed E-state index contributed by atoms with van der Waals surface area (Å²) in [5.41, 5.74) is 1.34. The topological polar surface area (TPSA) is 53.5 Å². The number of amides is 1. The molecule has 0 atom stereocenters. The normalized spacial score (nSPS) is 16.2. The number of likely N-dealkylation sites (N-methyl/N-ethyl adjacent to an activating group) is 1. The van der Waals surface area contributed by atoms with Gasteiger partial charge >= 0.3 is 0 Å². The van der Waals surface area contributed by atoms with Crippen molar-refractivity contribution in [1.82, 2.24) is 9.88 Å². The molecule has 0 bridgehead atoms. The number of carbonyl (C=O) groups excluding carboxylic acids is 2. The number of carbonyl (C=O) groups is 2. The maximum absolute atomic E-state index is 11.6. The summed E-state index contributed by atoms with van der Waals surface area (Å²) >= 11 is 0. The van der Waals surface area contributed by atoms with Gasteiger partial charge in [-0.25, -0.2) is 0 Å². The molecule has 2 rings (SSSR count). The lowest BCUT2D eigenvalue weighted by Gasteiger charge is -2.33.